The molecular weight excluding hydrogens is 280 g/mol. The van der Waals surface area contributed by atoms with E-state index < -0.39 is 11.4 Å². The zero-order valence-electron chi connectivity index (χ0n) is 13.9. The topological polar surface area (TPSA) is 58.9 Å². The Morgan fingerprint density at radius 3 is 2.68 bits per heavy atom. The Balaban J connectivity index is 1.78. The summed E-state index contributed by atoms with van der Waals surface area (Å²) in [7, 11) is 0. The average molecular weight is 310 g/mol. The van der Waals surface area contributed by atoms with Gasteiger partial charge in [0.15, 0.2) is 5.79 Å². The molecule has 3 aliphatic rings. The molecule has 0 aromatic carbocycles. The summed E-state index contributed by atoms with van der Waals surface area (Å²) in [5.41, 5.74) is 1.89. The van der Waals surface area contributed by atoms with Crippen molar-refractivity contribution >= 4 is 0 Å². The van der Waals surface area contributed by atoms with Gasteiger partial charge in [0.1, 0.15) is 0 Å². The van der Waals surface area contributed by atoms with Crippen LogP contribution in [-0.2, 0) is 9.47 Å². The predicted molar refractivity (Wildman–Crippen MR) is 84.3 cm³/mol. The van der Waals surface area contributed by atoms with Crippen LogP contribution in [-0.4, -0.2) is 41.4 Å². The summed E-state index contributed by atoms with van der Waals surface area (Å²) < 4.78 is 11.7. The number of hydrogen-bond acceptors (Lipinski definition) is 4. The molecule has 126 valence electrons. The molecule has 2 fully saturated rings. The first kappa shape index (κ1) is 16.4. The molecule has 2 unspecified atom stereocenters. The summed E-state index contributed by atoms with van der Waals surface area (Å²) in [5.74, 6) is 0.578. The normalized spacial score (nSPS) is 35.7. The Morgan fingerprint density at radius 2 is 2.00 bits per heavy atom. The van der Waals surface area contributed by atoms with Crippen LogP contribution in [0.25, 0.3) is 0 Å². The molecule has 4 nitrogen and oxygen atoms in total. The van der Waals surface area contributed by atoms with Crippen LogP contribution in [0.3, 0.4) is 0 Å². The second kappa shape index (κ2) is 6.23. The van der Waals surface area contributed by atoms with Crippen LogP contribution in [0.1, 0.15) is 58.8 Å². The number of aliphatic hydroxyl groups excluding tert-OH is 1. The molecule has 1 saturated carbocycles. The first-order valence-corrected chi connectivity index (χ1v) is 8.81. The summed E-state index contributed by atoms with van der Waals surface area (Å²) in [4.78, 5) is 0. The maximum atomic E-state index is 11.2. The molecule has 0 amide bonds. The smallest absolute Gasteiger partial charge is 0.171 e. The van der Waals surface area contributed by atoms with Crippen molar-refractivity contribution in [1.82, 2.24) is 0 Å². The summed E-state index contributed by atoms with van der Waals surface area (Å²) in [5, 5.41) is 20.3. The largest absolute Gasteiger partial charge is 0.396 e. The van der Waals surface area contributed by atoms with E-state index in [0.717, 1.165) is 38.5 Å². The van der Waals surface area contributed by atoms with Crippen LogP contribution in [0, 0.1) is 11.8 Å². The van der Waals surface area contributed by atoms with Crippen LogP contribution < -0.4 is 0 Å². The average Bonchev–Trinajstić information content (AvgIpc) is 2.92. The minimum absolute atomic E-state index is 0.272. The van der Waals surface area contributed by atoms with Crippen molar-refractivity contribution in [2.24, 2.45) is 11.8 Å². The van der Waals surface area contributed by atoms with E-state index in [0.29, 0.717) is 31.5 Å². The molecule has 1 saturated heterocycles. The molecule has 0 bridgehead atoms. The first-order valence-electron chi connectivity index (χ1n) is 8.81. The van der Waals surface area contributed by atoms with Gasteiger partial charge < -0.3 is 19.7 Å². The number of allylic oxidation sites excluding steroid dienone is 1. The lowest BCUT2D eigenvalue weighted by Gasteiger charge is -2.48. The van der Waals surface area contributed by atoms with Gasteiger partial charge in [0.25, 0.3) is 0 Å². The molecule has 0 radical (unpaired) electrons. The quantitative estimate of drug-likeness (QED) is 0.784. The van der Waals surface area contributed by atoms with Crippen molar-refractivity contribution in [1.29, 1.82) is 0 Å². The third-order valence-electron chi connectivity index (χ3n) is 6.10. The monoisotopic (exact) mass is 310 g/mol. The molecule has 1 aliphatic heterocycles. The van der Waals surface area contributed by atoms with Crippen molar-refractivity contribution < 1.29 is 19.7 Å². The number of ether oxygens (including phenoxy) is 2. The second-order valence-corrected chi connectivity index (χ2v) is 7.47. The second-order valence-electron chi connectivity index (χ2n) is 7.47. The predicted octanol–water partition coefficient (Wildman–Crippen LogP) is 2.78. The SMILES string of the molecule is CC1=C2CCC3(C[C@]2(O)CCC1C(C)CCCO)OCCO3. The van der Waals surface area contributed by atoms with Gasteiger partial charge in [-0.15, -0.1) is 0 Å². The van der Waals surface area contributed by atoms with Crippen molar-refractivity contribution in [3.8, 4) is 0 Å². The van der Waals surface area contributed by atoms with Crippen LogP contribution in [0.15, 0.2) is 11.1 Å². The molecule has 22 heavy (non-hydrogen) atoms. The molecule has 0 aromatic heterocycles. The molecule has 4 heteroatoms. The molecule has 3 rings (SSSR count). The standard InChI is InChI=1S/C18H30O4/c1-13(4-3-9-19)15-5-7-17(20)12-18(21-10-11-22-18)8-6-16(17)14(15)2/h13,15,19-20H,3-12H2,1-2H3/t13?,15?,17-/m1/s1. The van der Waals surface area contributed by atoms with E-state index in [2.05, 4.69) is 13.8 Å². The van der Waals surface area contributed by atoms with E-state index in [1.54, 1.807) is 0 Å². The minimum Gasteiger partial charge on any atom is -0.396 e. The zero-order valence-corrected chi connectivity index (χ0v) is 13.9. The fourth-order valence-electron chi connectivity index (χ4n) is 4.90. The molecule has 0 aromatic rings. The Bertz CT molecular complexity index is 438. The number of aliphatic hydroxyl groups is 2. The van der Waals surface area contributed by atoms with E-state index in [1.165, 1.54) is 11.1 Å². The Morgan fingerprint density at radius 1 is 1.27 bits per heavy atom. The van der Waals surface area contributed by atoms with Crippen molar-refractivity contribution in [3.63, 3.8) is 0 Å². The summed E-state index contributed by atoms with van der Waals surface area (Å²) in [6.45, 7) is 6.05. The lowest BCUT2D eigenvalue weighted by molar-refractivity contribution is -0.207. The van der Waals surface area contributed by atoms with Gasteiger partial charge in [-0.3, -0.25) is 0 Å². The van der Waals surface area contributed by atoms with E-state index >= 15 is 0 Å². The fourth-order valence-corrected chi connectivity index (χ4v) is 4.90. The van der Waals surface area contributed by atoms with Crippen LogP contribution in [0.4, 0.5) is 0 Å². The maximum Gasteiger partial charge on any atom is 0.171 e. The van der Waals surface area contributed by atoms with Crippen LogP contribution in [0.5, 0.6) is 0 Å². The molecule has 2 aliphatic carbocycles. The van der Waals surface area contributed by atoms with E-state index in [-0.39, 0.29) is 6.61 Å². The zero-order chi connectivity index (χ0) is 15.8. The summed E-state index contributed by atoms with van der Waals surface area (Å²) >= 11 is 0. The highest BCUT2D eigenvalue weighted by atomic mass is 16.7. The van der Waals surface area contributed by atoms with Crippen molar-refractivity contribution in [2.75, 3.05) is 19.8 Å². The van der Waals surface area contributed by atoms with Gasteiger partial charge in [0.05, 0.1) is 18.8 Å². The van der Waals surface area contributed by atoms with Gasteiger partial charge in [0, 0.05) is 19.4 Å². The molecule has 3 atom stereocenters. The summed E-state index contributed by atoms with van der Waals surface area (Å²) in [6.07, 6.45) is 6.09. The number of fused-ring (bicyclic) bond motifs is 1. The van der Waals surface area contributed by atoms with E-state index in [4.69, 9.17) is 14.6 Å². The first-order chi connectivity index (χ1) is 10.5. The van der Waals surface area contributed by atoms with Crippen molar-refractivity contribution in [3.05, 3.63) is 11.1 Å². The summed E-state index contributed by atoms with van der Waals surface area (Å²) in [6, 6.07) is 0. The Labute approximate surface area is 133 Å². The lowest BCUT2D eigenvalue weighted by atomic mass is 9.64. The Hall–Kier alpha value is -0.420. The number of hydrogen-bond donors (Lipinski definition) is 2. The fraction of sp³-hybridized carbons (Fsp3) is 0.889. The van der Waals surface area contributed by atoms with Gasteiger partial charge in [-0.1, -0.05) is 12.5 Å². The van der Waals surface area contributed by atoms with Crippen LogP contribution in [0.2, 0.25) is 0 Å². The van der Waals surface area contributed by atoms with Gasteiger partial charge in [0.2, 0.25) is 0 Å². The molecule has 2 N–H and O–H groups in total. The highest BCUT2D eigenvalue weighted by molar-refractivity contribution is 5.31. The van der Waals surface area contributed by atoms with Gasteiger partial charge in [-0.05, 0) is 56.4 Å². The van der Waals surface area contributed by atoms with Crippen LogP contribution >= 0.6 is 0 Å². The maximum absolute atomic E-state index is 11.2. The van der Waals surface area contributed by atoms with Gasteiger partial charge >= 0.3 is 0 Å². The van der Waals surface area contributed by atoms with E-state index in [1.807, 2.05) is 0 Å². The van der Waals surface area contributed by atoms with E-state index in [9.17, 15) is 5.11 Å². The van der Waals surface area contributed by atoms with Gasteiger partial charge in [-0.25, -0.2) is 0 Å². The Kier molecular flexibility index (Phi) is 4.66. The number of rotatable bonds is 4. The molecule has 1 spiro atoms. The third kappa shape index (κ3) is 2.86. The van der Waals surface area contributed by atoms with Crippen molar-refractivity contribution in [2.45, 2.75) is 70.2 Å². The molecule has 1 heterocycles. The highest BCUT2D eigenvalue weighted by Crippen LogP contribution is 2.52. The third-order valence-corrected chi connectivity index (χ3v) is 6.10. The minimum atomic E-state index is -0.736. The highest BCUT2D eigenvalue weighted by Gasteiger charge is 2.52. The lowest BCUT2D eigenvalue weighted by Crippen LogP contribution is -2.50. The van der Waals surface area contributed by atoms with Gasteiger partial charge in [-0.2, -0.15) is 0 Å². The molecular formula is C18H30O4.